The van der Waals surface area contributed by atoms with Gasteiger partial charge in [0.05, 0.1) is 6.54 Å². The van der Waals surface area contributed by atoms with Crippen LogP contribution in [-0.2, 0) is 16.1 Å². The smallest absolute Gasteiger partial charge is 0.251 e. The summed E-state index contributed by atoms with van der Waals surface area (Å²) in [4.78, 5) is 37.0. The minimum atomic E-state index is -0.267. The summed E-state index contributed by atoms with van der Waals surface area (Å²) >= 11 is 3.26. The maximum absolute atomic E-state index is 12.2. The minimum Gasteiger partial charge on any atom is -0.352 e. The topological polar surface area (TPSA) is 71.4 Å². The van der Waals surface area contributed by atoms with Gasteiger partial charge in [-0.05, 0) is 42.8 Å². The molecule has 0 aliphatic rings. The average molecular weight is 358 g/mol. The number of hydrogen-bond donors (Lipinski definition) is 1. The van der Waals surface area contributed by atoms with Crippen molar-refractivity contribution in [2.75, 3.05) is 13.1 Å². The third-order valence-electron chi connectivity index (χ3n) is 2.77. The molecule has 1 N–H and O–H groups in total. The van der Waals surface area contributed by atoms with Gasteiger partial charge in [0, 0.05) is 29.3 Å². The Labute approximate surface area is 132 Å². The number of hydrogen-bond acceptors (Lipinski definition) is 3. The maximum Gasteiger partial charge on any atom is 0.251 e. The van der Waals surface area contributed by atoms with Crippen molar-refractivity contribution < 1.29 is 9.59 Å². The van der Waals surface area contributed by atoms with Gasteiger partial charge in [0.2, 0.25) is 11.8 Å². The molecule has 0 saturated carbocycles. The first-order chi connectivity index (χ1) is 9.83. The highest BCUT2D eigenvalue weighted by atomic mass is 79.9. The molecule has 0 spiro atoms. The van der Waals surface area contributed by atoms with E-state index in [-0.39, 0.29) is 36.5 Å². The third kappa shape index (κ3) is 5.71. The molecule has 0 aliphatic carbocycles. The van der Waals surface area contributed by atoms with Crippen LogP contribution in [0.1, 0.15) is 20.8 Å². The second kappa shape index (κ2) is 7.97. The number of halogens is 1. The van der Waals surface area contributed by atoms with Crippen molar-refractivity contribution in [2.24, 2.45) is 0 Å². The zero-order valence-electron chi connectivity index (χ0n) is 12.4. The Kier molecular flexibility index (Phi) is 6.61. The molecular formula is C14H20BrN3O3. The van der Waals surface area contributed by atoms with Crippen molar-refractivity contribution in [3.8, 4) is 0 Å². The largest absolute Gasteiger partial charge is 0.352 e. The van der Waals surface area contributed by atoms with Gasteiger partial charge in [-0.15, -0.1) is 0 Å². The lowest BCUT2D eigenvalue weighted by atomic mass is 10.3. The molecule has 0 unspecified atom stereocenters. The predicted octanol–water partition coefficient (Wildman–Crippen LogP) is 0.984. The molecule has 0 aliphatic heterocycles. The SMILES string of the molecule is CCN(CC(=O)NC(C)C)C(=O)Cn1cc(Br)ccc1=O. The molecule has 0 fully saturated rings. The summed E-state index contributed by atoms with van der Waals surface area (Å²) in [5.74, 6) is -0.474. The van der Waals surface area contributed by atoms with Crippen LogP contribution in [0.15, 0.2) is 27.6 Å². The normalized spacial score (nSPS) is 10.5. The van der Waals surface area contributed by atoms with Gasteiger partial charge in [0.15, 0.2) is 0 Å². The number of aromatic nitrogens is 1. The third-order valence-corrected chi connectivity index (χ3v) is 3.24. The Hall–Kier alpha value is -1.63. The van der Waals surface area contributed by atoms with Crippen molar-refractivity contribution in [1.29, 1.82) is 0 Å². The van der Waals surface area contributed by atoms with E-state index in [0.29, 0.717) is 6.54 Å². The summed E-state index contributed by atoms with van der Waals surface area (Å²) in [6.07, 6.45) is 1.56. The standard InChI is InChI=1S/C14H20BrN3O3/c1-4-17(8-12(19)16-10(2)3)14(21)9-18-7-11(15)5-6-13(18)20/h5-7,10H,4,8-9H2,1-3H3,(H,16,19). The molecule has 1 aromatic rings. The Bertz CT molecular complexity index is 569. The van der Waals surface area contributed by atoms with Gasteiger partial charge in [-0.2, -0.15) is 0 Å². The minimum absolute atomic E-state index is 0.00370. The van der Waals surface area contributed by atoms with Crippen LogP contribution in [0.25, 0.3) is 0 Å². The van der Waals surface area contributed by atoms with Crippen LogP contribution in [0.4, 0.5) is 0 Å². The zero-order valence-corrected chi connectivity index (χ0v) is 14.0. The van der Waals surface area contributed by atoms with Crippen molar-refractivity contribution in [1.82, 2.24) is 14.8 Å². The number of nitrogens with one attached hydrogen (secondary N) is 1. The Balaban J connectivity index is 2.73. The first kappa shape index (κ1) is 17.4. The van der Waals surface area contributed by atoms with Crippen molar-refractivity contribution >= 4 is 27.7 Å². The molecule has 0 aromatic carbocycles. The van der Waals surface area contributed by atoms with E-state index in [2.05, 4.69) is 21.2 Å². The summed E-state index contributed by atoms with van der Waals surface area (Å²) in [6.45, 7) is 5.84. The van der Waals surface area contributed by atoms with Crippen LogP contribution in [0.5, 0.6) is 0 Å². The van der Waals surface area contributed by atoms with Crippen molar-refractivity contribution in [3.05, 3.63) is 33.2 Å². The number of amides is 2. The number of nitrogens with zero attached hydrogens (tertiary/aromatic N) is 2. The van der Waals surface area contributed by atoms with Crippen LogP contribution < -0.4 is 10.9 Å². The van der Waals surface area contributed by atoms with E-state index in [1.165, 1.54) is 15.5 Å². The van der Waals surface area contributed by atoms with Gasteiger partial charge >= 0.3 is 0 Å². The summed E-state index contributed by atoms with van der Waals surface area (Å²) in [5.41, 5.74) is -0.255. The number of carbonyl (C=O) groups excluding carboxylic acids is 2. The first-order valence-corrected chi connectivity index (χ1v) is 7.56. The molecular weight excluding hydrogens is 338 g/mol. The fraction of sp³-hybridized carbons (Fsp3) is 0.500. The van der Waals surface area contributed by atoms with Crippen LogP contribution in [-0.4, -0.2) is 40.4 Å². The number of likely N-dealkylation sites (N-methyl/N-ethyl adjacent to an activating group) is 1. The monoisotopic (exact) mass is 357 g/mol. The van der Waals surface area contributed by atoms with E-state index in [9.17, 15) is 14.4 Å². The van der Waals surface area contributed by atoms with E-state index >= 15 is 0 Å². The van der Waals surface area contributed by atoms with Gasteiger partial charge in [-0.1, -0.05) is 0 Å². The fourth-order valence-corrected chi connectivity index (χ4v) is 2.17. The van der Waals surface area contributed by atoms with E-state index < -0.39 is 0 Å². The quantitative estimate of drug-likeness (QED) is 0.824. The van der Waals surface area contributed by atoms with Crippen LogP contribution >= 0.6 is 15.9 Å². The zero-order chi connectivity index (χ0) is 16.0. The first-order valence-electron chi connectivity index (χ1n) is 6.76. The second-order valence-electron chi connectivity index (χ2n) is 4.94. The lowest BCUT2D eigenvalue weighted by molar-refractivity contribution is -0.136. The molecule has 1 heterocycles. The van der Waals surface area contributed by atoms with Crippen molar-refractivity contribution in [2.45, 2.75) is 33.4 Å². The molecule has 2 amide bonds. The molecule has 0 radical (unpaired) electrons. The lowest BCUT2D eigenvalue weighted by Gasteiger charge is -2.21. The Morgan fingerprint density at radius 3 is 2.62 bits per heavy atom. The highest BCUT2D eigenvalue weighted by Gasteiger charge is 2.16. The average Bonchev–Trinajstić information content (AvgIpc) is 2.39. The highest BCUT2D eigenvalue weighted by Crippen LogP contribution is 2.05. The molecule has 0 saturated heterocycles. The van der Waals surface area contributed by atoms with E-state index in [0.717, 1.165) is 4.47 Å². The van der Waals surface area contributed by atoms with Gasteiger partial charge < -0.3 is 14.8 Å². The predicted molar refractivity (Wildman–Crippen MR) is 83.9 cm³/mol. The summed E-state index contributed by atoms with van der Waals surface area (Å²) in [7, 11) is 0. The van der Waals surface area contributed by atoms with Crippen LogP contribution in [0, 0.1) is 0 Å². The molecule has 0 bridgehead atoms. The van der Waals surface area contributed by atoms with E-state index in [4.69, 9.17) is 0 Å². The highest BCUT2D eigenvalue weighted by molar-refractivity contribution is 9.10. The van der Waals surface area contributed by atoms with Gasteiger partial charge in [0.25, 0.3) is 5.56 Å². The molecule has 6 nitrogen and oxygen atoms in total. The number of rotatable bonds is 6. The van der Waals surface area contributed by atoms with Crippen molar-refractivity contribution in [3.63, 3.8) is 0 Å². The molecule has 21 heavy (non-hydrogen) atoms. The van der Waals surface area contributed by atoms with E-state index in [1.807, 2.05) is 13.8 Å². The summed E-state index contributed by atoms with van der Waals surface area (Å²) in [5, 5.41) is 2.74. The van der Waals surface area contributed by atoms with Gasteiger partial charge in [-0.25, -0.2) is 0 Å². The molecule has 7 heteroatoms. The number of carbonyl (C=O) groups is 2. The Morgan fingerprint density at radius 1 is 1.38 bits per heavy atom. The number of pyridine rings is 1. The molecule has 116 valence electrons. The van der Waals surface area contributed by atoms with Gasteiger partial charge in [0.1, 0.15) is 6.54 Å². The van der Waals surface area contributed by atoms with Crippen LogP contribution in [0.3, 0.4) is 0 Å². The lowest BCUT2D eigenvalue weighted by Crippen LogP contribution is -2.44. The Morgan fingerprint density at radius 2 is 2.05 bits per heavy atom. The summed E-state index contributed by atoms with van der Waals surface area (Å²) < 4.78 is 2.03. The molecule has 0 atom stereocenters. The second-order valence-corrected chi connectivity index (χ2v) is 5.86. The molecule has 1 aromatic heterocycles. The van der Waals surface area contributed by atoms with Crippen LogP contribution in [0.2, 0.25) is 0 Å². The van der Waals surface area contributed by atoms with E-state index in [1.54, 1.807) is 19.2 Å². The summed E-state index contributed by atoms with van der Waals surface area (Å²) in [6, 6.07) is 3.04. The van der Waals surface area contributed by atoms with Gasteiger partial charge in [-0.3, -0.25) is 14.4 Å². The molecule has 1 rings (SSSR count). The fourth-order valence-electron chi connectivity index (χ4n) is 1.79. The maximum atomic E-state index is 12.2.